The van der Waals surface area contributed by atoms with Crippen molar-refractivity contribution in [3.8, 4) is 0 Å². The van der Waals surface area contributed by atoms with Gasteiger partial charge in [0.2, 0.25) is 0 Å². The van der Waals surface area contributed by atoms with Crippen LogP contribution in [0.25, 0.3) is 0 Å². The summed E-state index contributed by atoms with van der Waals surface area (Å²) in [7, 11) is 0. The highest BCUT2D eigenvalue weighted by molar-refractivity contribution is 5.88. The van der Waals surface area contributed by atoms with Gasteiger partial charge < -0.3 is 5.11 Å². The van der Waals surface area contributed by atoms with Gasteiger partial charge in [0, 0.05) is 11.9 Å². The first-order chi connectivity index (χ1) is 6.94. The van der Waals surface area contributed by atoms with E-state index in [1.807, 2.05) is 19.9 Å². The Morgan fingerprint density at radius 3 is 2.67 bits per heavy atom. The first-order valence-corrected chi connectivity index (χ1v) is 5.10. The monoisotopic (exact) mass is 207 g/mol. The van der Waals surface area contributed by atoms with Crippen molar-refractivity contribution in [2.45, 2.75) is 32.8 Å². The SMILES string of the molecule is CC(C)[C@@](C)(O)C(=O)Cc1ccccn1. The molecule has 1 heterocycles. The molecule has 0 bridgehead atoms. The lowest BCUT2D eigenvalue weighted by Gasteiger charge is -2.25. The Hall–Kier alpha value is -1.22. The molecule has 3 heteroatoms. The molecule has 0 aromatic carbocycles. The minimum atomic E-state index is -1.27. The van der Waals surface area contributed by atoms with Crippen molar-refractivity contribution < 1.29 is 9.90 Å². The molecule has 0 radical (unpaired) electrons. The van der Waals surface area contributed by atoms with E-state index in [4.69, 9.17) is 0 Å². The third kappa shape index (κ3) is 2.86. The number of hydrogen-bond donors (Lipinski definition) is 1. The van der Waals surface area contributed by atoms with Crippen LogP contribution in [0.4, 0.5) is 0 Å². The maximum atomic E-state index is 11.8. The quantitative estimate of drug-likeness (QED) is 0.815. The van der Waals surface area contributed by atoms with Crippen LogP contribution in [0.2, 0.25) is 0 Å². The van der Waals surface area contributed by atoms with Crippen molar-refractivity contribution in [1.29, 1.82) is 0 Å². The minimum Gasteiger partial charge on any atom is -0.382 e. The summed E-state index contributed by atoms with van der Waals surface area (Å²) in [6.45, 7) is 5.22. The molecule has 0 amide bonds. The van der Waals surface area contributed by atoms with Crippen molar-refractivity contribution in [1.82, 2.24) is 4.98 Å². The molecular weight excluding hydrogens is 190 g/mol. The van der Waals surface area contributed by atoms with E-state index in [-0.39, 0.29) is 18.1 Å². The van der Waals surface area contributed by atoms with E-state index in [0.29, 0.717) is 5.69 Å². The average molecular weight is 207 g/mol. The van der Waals surface area contributed by atoms with Crippen LogP contribution in [0.1, 0.15) is 26.5 Å². The molecule has 1 aromatic rings. The number of hydrogen-bond acceptors (Lipinski definition) is 3. The van der Waals surface area contributed by atoms with Crippen LogP contribution >= 0.6 is 0 Å². The summed E-state index contributed by atoms with van der Waals surface area (Å²) in [5.74, 6) is -0.273. The Morgan fingerprint density at radius 2 is 2.20 bits per heavy atom. The summed E-state index contributed by atoms with van der Waals surface area (Å²) >= 11 is 0. The zero-order chi connectivity index (χ0) is 11.5. The molecule has 0 saturated carbocycles. The van der Waals surface area contributed by atoms with E-state index in [0.717, 1.165) is 0 Å². The molecule has 0 spiro atoms. The number of ketones is 1. The molecule has 3 nitrogen and oxygen atoms in total. The fraction of sp³-hybridized carbons (Fsp3) is 0.500. The predicted octanol–water partition coefficient (Wildman–Crippen LogP) is 1.60. The lowest BCUT2D eigenvalue weighted by molar-refractivity contribution is -0.139. The molecule has 1 N–H and O–H groups in total. The number of carbonyl (C=O) groups is 1. The van der Waals surface area contributed by atoms with Gasteiger partial charge in [0.05, 0.1) is 6.42 Å². The Balaban J connectivity index is 2.72. The first kappa shape index (κ1) is 11.9. The second-order valence-electron chi connectivity index (χ2n) is 4.22. The van der Waals surface area contributed by atoms with Gasteiger partial charge in [-0.15, -0.1) is 0 Å². The average Bonchev–Trinajstić information content (AvgIpc) is 2.18. The molecule has 0 aliphatic heterocycles. The maximum absolute atomic E-state index is 11.8. The Kier molecular flexibility index (Phi) is 3.58. The van der Waals surface area contributed by atoms with E-state index in [2.05, 4.69) is 4.98 Å². The lowest BCUT2D eigenvalue weighted by Crippen LogP contribution is -2.41. The molecule has 0 saturated heterocycles. The van der Waals surface area contributed by atoms with E-state index in [1.165, 1.54) is 0 Å². The van der Waals surface area contributed by atoms with Crippen LogP contribution in [0.15, 0.2) is 24.4 Å². The van der Waals surface area contributed by atoms with E-state index in [9.17, 15) is 9.90 Å². The van der Waals surface area contributed by atoms with E-state index in [1.54, 1.807) is 25.3 Å². The summed E-state index contributed by atoms with van der Waals surface area (Å²) in [4.78, 5) is 15.8. The summed E-state index contributed by atoms with van der Waals surface area (Å²) in [6.07, 6.45) is 1.83. The highest BCUT2D eigenvalue weighted by Gasteiger charge is 2.33. The summed E-state index contributed by atoms with van der Waals surface area (Å²) < 4.78 is 0. The smallest absolute Gasteiger partial charge is 0.170 e. The molecule has 0 fully saturated rings. The molecule has 1 rings (SSSR count). The fourth-order valence-electron chi connectivity index (χ4n) is 1.17. The number of rotatable bonds is 4. The fourth-order valence-corrected chi connectivity index (χ4v) is 1.17. The number of aromatic nitrogens is 1. The normalized spacial score (nSPS) is 15.0. The lowest BCUT2D eigenvalue weighted by atomic mass is 9.86. The van der Waals surface area contributed by atoms with Crippen LogP contribution in [0, 0.1) is 5.92 Å². The molecule has 0 aliphatic carbocycles. The summed E-state index contributed by atoms with van der Waals surface area (Å²) in [6, 6.07) is 5.42. The van der Waals surface area contributed by atoms with Gasteiger partial charge in [-0.05, 0) is 25.0 Å². The molecule has 0 unspecified atom stereocenters. The van der Waals surface area contributed by atoms with Gasteiger partial charge in [-0.1, -0.05) is 19.9 Å². The second kappa shape index (κ2) is 4.53. The van der Waals surface area contributed by atoms with Gasteiger partial charge in [0.25, 0.3) is 0 Å². The van der Waals surface area contributed by atoms with Gasteiger partial charge in [-0.2, -0.15) is 0 Å². The third-order valence-corrected chi connectivity index (χ3v) is 2.76. The number of aliphatic hydroxyl groups is 1. The number of nitrogens with zero attached hydrogens (tertiary/aromatic N) is 1. The highest BCUT2D eigenvalue weighted by Crippen LogP contribution is 2.18. The molecular formula is C12H17NO2. The predicted molar refractivity (Wildman–Crippen MR) is 58.4 cm³/mol. The Bertz CT molecular complexity index is 331. The van der Waals surface area contributed by atoms with Gasteiger partial charge >= 0.3 is 0 Å². The number of pyridine rings is 1. The second-order valence-corrected chi connectivity index (χ2v) is 4.22. The van der Waals surface area contributed by atoms with Crippen molar-refractivity contribution in [3.63, 3.8) is 0 Å². The van der Waals surface area contributed by atoms with Crippen LogP contribution in [0.3, 0.4) is 0 Å². The van der Waals surface area contributed by atoms with Crippen molar-refractivity contribution in [2.75, 3.05) is 0 Å². The Labute approximate surface area is 90.2 Å². The van der Waals surface area contributed by atoms with Gasteiger partial charge in [0.1, 0.15) is 5.60 Å². The molecule has 0 aliphatic rings. The standard InChI is InChI=1S/C12H17NO2/c1-9(2)12(3,15)11(14)8-10-6-4-5-7-13-10/h4-7,9,15H,8H2,1-3H3/t12-/m1/s1. The van der Waals surface area contributed by atoms with E-state index >= 15 is 0 Å². The summed E-state index contributed by atoms with van der Waals surface area (Å²) in [5, 5.41) is 9.94. The minimum absolute atomic E-state index is 0.0892. The van der Waals surface area contributed by atoms with Gasteiger partial charge in [-0.25, -0.2) is 0 Å². The van der Waals surface area contributed by atoms with Crippen LogP contribution in [-0.4, -0.2) is 21.5 Å². The zero-order valence-electron chi connectivity index (χ0n) is 9.40. The zero-order valence-corrected chi connectivity index (χ0v) is 9.40. The van der Waals surface area contributed by atoms with Crippen LogP contribution in [-0.2, 0) is 11.2 Å². The summed E-state index contributed by atoms with van der Waals surface area (Å²) in [5.41, 5.74) is -0.569. The third-order valence-electron chi connectivity index (χ3n) is 2.76. The number of Topliss-reactive ketones (excluding diaryl/α,β-unsaturated/α-hetero) is 1. The molecule has 1 atom stereocenters. The first-order valence-electron chi connectivity index (χ1n) is 5.10. The van der Waals surface area contributed by atoms with Crippen LogP contribution in [0.5, 0.6) is 0 Å². The largest absolute Gasteiger partial charge is 0.382 e. The van der Waals surface area contributed by atoms with Crippen molar-refractivity contribution in [2.24, 2.45) is 5.92 Å². The Morgan fingerprint density at radius 1 is 1.53 bits per heavy atom. The van der Waals surface area contributed by atoms with Crippen molar-refractivity contribution in [3.05, 3.63) is 30.1 Å². The molecule has 82 valence electrons. The van der Waals surface area contributed by atoms with Gasteiger partial charge in [0.15, 0.2) is 5.78 Å². The topological polar surface area (TPSA) is 50.2 Å². The van der Waals surface area contributed by atoms with Gasteiger partial charge in [-0.3, -0.25) is 9.78 Å². The van der Waals surface area contributed by atoms with Crippen LogP contribution < -0.4 is 0 Å². The maximum Gasteiger partial charge on any atom is 0.170 e. The number of carbonyl (C=O) groups excluding carboxylic acids is 1. The molecule has 1 aromatic heterocycles. The highest BCUT2D eigenvalue weighted by atomic mass is 16.3. The van der Waals surface area contributed by atoms with Crippen molar-refractivity contribution >= 4 is 5.78 Å². The van der Waals surface area contributed by atoms with E-state index < -0.39 is 5.60 Å². The molecule has 15 heavy (non-hydrogen) atoms.